The number of carbonyl (C=O) groups excluding carboxylic acids is 1. The van der Waals surface area contributed by atoms with Crippen molar-refractivity contribution in [1.29, 1.82) is 0 Å². The van der Waals surface area contributed by atoms with Crippen LogP contribution in [0.3, 0.4) is 0 Å². The van der Waals surface area contributed by atoms with E-state index in [0.717, 1.165) is 12.8 Å². The SMILES string of the molecule is [C-]#[N+]CC(NC(=O)OC(C)(C)C)C1CC1. The minimum atomic E-state index is -0.476. The maximum Gasteiger partial charge on any atom is 0.408 e. The van der Waals surface area contributed by atoms with E-state index in [1.807, 2.05) is 20.8 Å². The number of hydrogen-bond acceptors (Lipinski definition) is 2. The minimum absolute atomic E-state index is 0.0302. The van der Waals surface area contributed by atoms with Gasteiger partial charge in [0.25, 0.3) is 0 Å². The van der Waals surface area contributed by atoms with E-state index in [-0.39, 0.29) is 6.04 Å². The summed E-state index contributed by atoms with van der Waals surface area (Å²) in [5, 5.41) is 2.76. The van der Waals surface area contributed by atoms with E-state index >= 15 is 0 Å². The van der Waals surface area contributed by atoms with Crippen molar-refractivity contribution in [2.75, 3.05) is 6.54 Å². The maximum absolute atomic E-state index is 11.4. The number of nitrogens with zero attached hydrogens (tertiary/aromatic N) is 1. The number of amides is 1. The van der Waals surface area contributed by atoms with Gasteiger partial charge in [0.2, 0.25) is 6.54 Å². The maximum atomic E-state index is 11.4. The quantitative estimate of drug-likeness (QED) is 0.726. The predicted octanol–water partition coefficient (Wildman–Crippen LogP) is 2.21. The van der Waals surface area contributed by atoms with E-state index in [4.69, 9.17) is 11.3 Å². The fraction of sp³-hybridized carbons (Fsp3) is 0.818. The molecule has 1 N–H and O–H groups in total. The molecule has 0 saturated heterocycles. The molecule has 0 radical (unpaired) electrons. The first-order chi connectivity index (χ1) is 6.92. The van der Waals surface area contributed by atoms with Crippen LogP contribution in [0.5, 0.6) is 0 Å². The van der Waals surface area contributed by atoms with Crippen LogP contribution in [-0.2, 0) is 4.74 Å². The van der Waals surface area contributed by atoms with Crippen LogP contribution in [0.1, 0.15) is 33.6 Å². The number of carbonyl (C=O) groups is 1. The van der Waals surface area contributed by atoms with Crippen LogP contribution in [0.15, 0.2) is 0 Å². The summed E-state index contributed by atoms with van der Waals surface area (Å²) in [5.41, 5.74) is -0.476. The second-order valence-corrected chi connectivity index (χ2v) is 4.93. The van der Waals surface area contributed by atoms with E-state index in [0.29, 0.717) is 12.5 Å². The fourth-order valence-corrected chi connectivity index (χ4v) is 1.37. The molecular formula is C11H18N2O2. The molecule has 1 atom stereocenters. The highest BCUT2D eigenvalue weighted by molar-refractivity contribution is 5.68. The van der Waals surface area contributed by atoms with Gasteiger partial charge in [-0.15, -0.1) is 0 Å². The number of hydrogen-bond donors (Lipinski definition) is 1. The summed E-state index contributed by atoms with van der Waals surface area (Å²) in [6.45, 7) is 12.6. The summed E-state index contributed by atoms with van der Waals surface area (Å²) >= 11 is 0. The molecule has 0 aliphatic heterocycles. The van der Waals surface area contributed by atoms with Gasteiger partial charge in [-0.25, -0.2) is 11.4 Å². The van der Waals surface area contributed by atoms with Crippen molar-refractivity contribution in [2.24, 2.45) is 5.92 Å². The average molecular weight is 210 g/mol. The predicted molar refractivity (Wildman–Crippen MR) is 57.4 cm³/mol. The van der Waals surface area contributed by atoms with Crippen molar-refractivity contribution in [3.05, 3.63) is 11.4 Å². The molecule has 4 heteroatoms. The van der Waals surface area contributed by atoms with Gasteiger partial charge in [0.1, 0.15) is 11.6 Å². The van der Waals surface area contributed by atoms with Crippen molar-refractivity contribution < 1.29 is 9.53 Å². The minimum Gasteiger partial charge on any atom is -0.444 e. The monoisotopic (exact) mass is 210 g/mol. The lowest BCUT2D eigenvalue weighted by Crippen LogP contribution is -2.41. The van der Waals surface area contributed by atoms with Crippen molar-refractivity contribution in [2.45, 2.75) is 45.3 Å². The molecule has 0 spiro atoms. The molecule has 1 saturated carbocycles. The van der Waals surface area contributed by atoms with Gasteiger partial charge >= 0.3 is 6.09 Å². The molecule has 84 valence electrons. The molecule has 0 aromatic rings. The normalized spacial score (nSPS) is 17.7. The molecule has 1 amide bonds. The third kappa shape index (κ3) is 4.68. The molecule has 4 nitrogen and oxygen atoms in total. The Labute approximate surface area is 90.8 Å². The van der Waals surface area contributed by atoms with E-state index in [9.17, 15) is 4.79 Å². The Morgan fingerprint density at radius 3 is 2.60 bits per heavy atom. The zero-order valence-corrected chi connectivity index (χ0v) is 9.54. The van der Waals surface area contributed by atoms with Crippen LogP contribution >= 0.6 is 0 Å². The van der Waals surface area contributed by atoms with Gasteiger partial charge < -0.3 is 14.9 Å². The van der Waals surface area contributed by atoms with Gasteiger partial charge in [0.05, 0.1) is 0 Å². The standard InChI is InChI=1S/C11H18N2O2/c1-11(2,3)15-10(14)13-9(7-12-4)8-5-6-8/h8-9H,5-7H2,1-3H3,(H,13,14). The fourth-order valence-electron chi connectivity index (χ4n) is 1.37. The van der Waals surface area contributed by atoms with E-state index < -0.39 is 11.7 Å². The highest BCUT2D eigenvalue weighted by Gasteiger charge is 2.35. The number of ether oxygens (including phenoxy) is 1. The Balaban J connectivity index is 2.37. The van der Waals surface area contributed by atoms with Gasteiger partial charge in [-0.2, -0.15) is 0 Å². The molecule has 0 aromatic heterocycles. The van der Waals surface area contributed by atoms with Crippen molar-refractivity contribution >= 4 is 6.09 Å². The Kier molecular flexibility index (Phi) is 3.57. The molecule has 0 aromatic carbocycles. The third-order valence-corrected chi connectivity index (χ3v) is 2.18. The van der Waals surface area contributed by atoms with Crippen LogP contribution in [0.4, 0.5) is 4.79 Å². The van der Waals surface area contributed by atoms with E-state index in [1.54, 1.807) is 0 Å². The molecule has 1 fully saturated rings. The van der Waals surface area contributed by atoms with E-state index in [1.165, 1.54) is 0 Å². The summed E-state index contributed by atoms with van der Waals surface area (Å²) in [4.78, 5) is 14.8. The molecule has 1 unspecified atom stereocenters. The lowest BCUT2D eigenvalue weighted by Gasteiger charge is -2.21. The van der Waals surface area contributed by atoms with Crippen molar-refractivity contribution in [3.8, 4) is 0 Å². The summed E-state index contributed by atoms with van der Waals surface area (Å²) in [7, 11) is 0. The molecule has 0 bridgehead atoms. The number of rotatable bonds is 3. The Hall–Kier alpha value is -1.24. The smallest absolute Gasteiger partial charge is 0.408 e. The summed E-state index contributed by atoms with van der Waals surface area (Å²) in [6, 6.07) is -0.0302. The first kappa shape index (κ1) is 11.8. The van der Waals surface area contributed by atoms with Gasteiger partial charge in [-0.3, -0.25) is 0 Å². The van der Waals surface area contributed by atoms with Crippen LogP contribution in [0, 0.1) is 12.5 Å². The lowest BCUT2D eigenvalue weighted by atomic mass is 10.2. The highest BCUT2D eigenvalue weighted by Crippen LogP contribution is 2.32. The summed E-state index contributed by atoms with van der Waals surface area (Å²) in [5.74, 6) is 0.478. The van der Waals surface area contributed by atoms with Gasteiger partial charge in [-0.1, -0.05) is 0 Å². The third-order valence-electron chi connectivity index (χ3n) is 2.18. The topological polar surface area (TPSA) is 42.7 Å². The number of nitrogens with one attached hydrogen (secondary N) is 1. The molecule has 1 rings (SSSR count). The largest absolute Gasteiger partial charge is 0.444 e. The Morgan fingerprint density at radius 2 is 2.20 bits per heavy atom. The molecular weight excluding hydrogens is 192 g/mol. The lowest BCUT2D eigenvalue weighted by molar-refractivity contribution is 0.0502. The van der Waals surface area contributed by atoms with Crippen molar-refractivity contribution in [3.63, 3.8) is 0 Å². The zero-order chi connectivity index (χ0) is 11.5. The van der Waals surface area contributed by atoms with Crippen LogP contribution < -0.4 is 5.32 Å². The Morgan fingerprint density at radius 1 is 1.60 bits per heavy atom. The molecule has 0 heterocycles. The highest BCUT2D eigenvalue weighted by atomic mass is 16.6. The first-order valence-corrected chi connectivity index (χ1v) is 5.25. The molecule has 15 heavy (non-hydrogen) atoms. The molecule has 1 aliphatic rings. The van der Waals surface area contributed by atoms with Crippen LogP contribution in [-0.4, -0.2) is 24.3 Å². The van der Waals surface area contributed by atoms with E-state index in [2.05, 4.69) is 10.2 Å². The average Bonchev–Trinajstić information content (AvgIpc) is 2.81. The second kappa shape index (κ2) is 4.52. The number of alkyl carbamates (subject to hydrolysis) is 1. The van der Waals surface area contributed by atoms with Gasteiger partial charge in [-0.05, 0) is 39.5 Å². The molecule has 1 aliphatic carbocycles. The van der Waals surface area contributed by atoms with Crippen LogP contribution in [0.25, 0.3) is 4.85 Å². The van der Waals surface area contributed by atoms with Gasteiger partial charge in [0.15, 0.2) is 0 Å². The zero-order valence-electron chi connectivity index (χ0n) is 9.54. The first-order valence-electron chi connectivity index (χ1n) is 5.25. The van der Waals surface area contributed by atoms with Crippen LogP contribution in [0.2, 0.25) is 0 Å². The Bertz CT molecular complexity index is 271. The summed E-state index contributed by atoms with van der Waals surface area (Å²) in [6.07, 6.45) is 1.80. The summed E-state index contributed by atoms with van der Waals surface area (Å²) < 4.78 is 5.14. The second-order valence-electron chi connectivity index (χ2n) is 4.93. The van der Waals surface area contributed by atoms with Crippen molar-refractivity contribution in [1.82, 2.24) is 5.32 Å². The van der Waals surface area contributed by atoms with Gasteiger partial charge in [0, 0.05) is 0 Å².